The van der Waals surface area contributed by atoms with E-state index in [4.69, 9.17) is 0 Å². The minimum atomic E-state index is 0. The Balaban J connectivity index is 0.000000475. The van der Waals surface area contributed by atoms with E-state index in [1.165, 1.54) is 16.7 Å². The number of phenolic OH excluding ortho intramolecular Hbond substituents is 2. The van der Waals surface area contributed by atoms with E-state index in [-0.39, 0.29) is 25.8 Å². The van der Waals surface area contributed by atoms with Gasteiger partial charge in [0.2, 0.25) is 0 Å². The molecule has 0 aromatic heterocycles. The fourth-order valence-electron chi connectivity index (χ4n) is 7.82. The molecule has 5 heteroatoms. The van der Waals surface area contributed by atoms with Crippen LogP contribution in [0.4, 0.5) is 0 Å². The van der Waals surface area contributed by atoms with Crippen molar-refractivity contribution in [1.29, 1.82) is 0 Å². The second-order valence-corrected chi connectivity index (χ2v) is 17.1. The van der Waals surface area contributed by atoms with Gasteiger partial charge in [-0.15, -0.1) is 24.3 Å². The summed E-state index contributed by atoms with van der Waals surface area (Å²) >= 11 is 0. The van der Waals surface area contributed by atoms with Gasteiger partial charge in [-0.2, -0.15) is 49.2 Å². The maximum atomic E-state index is 11.9. The molecule has 7 aromatic rings. The van der Waals surface area contributed by atoms with Crippen LogP contribution < -0.4 is 0 Å². The fraction of sp³-hybridized carbons (Fsp3) is 0.263. The Morgan fingerprint density at radius 3 is 1.53 bits per heavy atom. The molecule has 0 radical (unpaired) electrons. The van der Waals surface area contributed by atoms with Crippen molar-refractivity contribution < 1.29 is 36.1 Å². The van der Waals surface area contributed by atoms with Gasteiger partial charge in [-0.05, 0) is 108 Å². The first-order chi connectivity index (χ1) is 29.2. The molecule has 318 valence electrons. The average Bonchev–Trinajstić information content (AvgIpc) is 3.24. The van der Waals surface area contributed by atoms with E-state index >= 15 is 0 Å². The molecule has 0 heterocycles. The molecular formula is C57H66HfN2O2+2. The predicted octanol–water partition coefficient (Wildman–Crippen LogP) is 13.8. The van der Waals surface area contributed by atoms with Gasteiger partial charge in [-0.1, -0.05) is 113 Å². The molecule has 4 nitrogen and oxygen atoms in total. The van der Waals surface area contributed by atoms with Gasteiger partial charge in [0.05, 0.1) is 0 Å². The number of aryl methyl sites for hydroxylation is 2. The minimum absolute atomic E-state index is 0. The second-order valence-electron chi connectivity index (χ2n) is 17.1. The first-order valence-corrected chi connectivity index (χ1v) is 21.6. The average molecular weight is 990 g/mol. The van der Waals surface area contributed by atoms with E-state index in [2.05, 4.69) is 164 Å². The van der Waals surface area contributed by atoms with Crippen molar-refractivity contribution in [3.8, 4) is 33.8 Å². The number of fused-ring (bicyclic) bond motifs is 1. The van der Waals surface area contributed by atoms with Gasteiger partial charge < -0.3 is 15.1 Å². The standard InChI is InChI=1S/C43H52N2O2.2C7H7.Hf/c1-28(2)35-16-12-17-36(29(3)4)41(35)40-26-31(6)24-34(43(40)47)27-45(22-21-44(7)8)20-19-33-23-30(5)25-39(42(33)46)38-18-11-14-32-13-9-10-15-37(32)38;2*1-7-5-3-2-4-6-7;/h9-18,23-26,28-29,46-47H,19-22,27H2,1-8H3;2*2-6H,1H2;/q;2*-1;+4. The molecule has 0 bridgehead atoms. The molecule has 62 heavy (non-hydrogen) atoms. The SMILES string of the molecule is Cc1cc(CN(CCc2cc(C)cc(-c3cccc4ccccc34)c2O)CCN(C)C)c(O)c(-c2c(C(C)C)cccc2C(C)C)c1.[CH2-]c1ccccc1.[CH2-]c1ccccc1.[Hf+4]. The summed E-state index contributed by atoms with van der Waals surface area (Å²) in [5.74, 6) is 1.40. The van der Waals surface area contributed by atoms with Crippen LogP contribution in [-0.4, -0.2) is 53.7 Å². The number of aromatic hydroxyl groups is 2. The molecule has 7 rings (SSSR count). The molecule has 0 unspecified atom stereocenters. The van der Waals surface area contributed by atoms with Gasteiger partial charge in [0.15, 0.2) is 0 Å². The minimum Gasteiger partial charge on any atom is -0.507 e. The molecule has 0 aliphatic carbocycles. The van der Waals surface area contributed by atoms with Gasteiger partial charge in [0.25, 0.3) is 0 Å². The molecule has 0 fully saturated rings. The zero-order valence-electron chi connectivity index (χ0n) is 38.2. The third-order valence-corrected chi connectivity index (χ3v) is 11.0. The molecular weight excluding hydrogens is 923 g/mol. The number of nitrogens with zero attached hydrogens (tertiary/aromatic N) is 2. The Kier molecular flexibility index (Phi) is 19.2. The summed E-state index contributed by atoms with van der Waals surface area (Å²) in [6.07, 6.45) is 0.700. The van der Waals surface area contributed by atoms with Crippen LogP contribution in [0.1, 0.15) is 84.0 Å². The van der Waals surface area contributed by atoms with Crippen molar-refractivity contribution in [3.05, 3.63) is 204 Å². The topological polar surface area (TPSA) is 46.9 Å². The summed E-state index contributed by atoms with van der Waals surface area (Å²) in [7, 11) is 4.19. The second kappa shape index (κ2) is 24.0. The van der Waals surface area contributed by atoms with Crippen LogP contribution >= 0.6 is 0 Å². The Morgan fingerprint density at radius 1 is 0.516 bits per heavy atom. The summed E-state index contributed by atoms with van der Waals surface area (Å²) in [6, 6.07) is 49.4. The summed E-state index contributed by atoms with van der Waals surface area (Å²) in [5, 5.41) is 25.9. The van der Waals surface area contributed by atoms with E-state index in [0.29, 0.717) is 36.3 Å². The van der Waals surface area contributed by atoms with Crippen LogP contribution in [0.5, 0.6) is 11.5 Å². The molecule has 0 saturated carbocycles. The molecule has 0 saturated heterocycles. The number of likely N-dealkylation sites (N-methyl/N-ethyl adjacent to an activating group) is 1. The number of rotatable bonds is 12. The summed E-state index contributed by atoms with van der Waals surface area (Å²) < 4.78 is 0. The van der Waals surface area contributed by atoms with Crippen LogP contribution in [-0.2, 0) is 38.8 Å². The molecule has 0 spiro atoms. The Labute approximate surface area is 392 Å². The molecule has 0 aliphatic rings. The first kappa shape index (κ1) is 49.6. The number of hydrogen-bond acceptors (Lipinski definition) is 4. The van der Waals surface area contributed by atoms with Gasteiger partial charge >= 0.3 is 25.8 Å². The maximum Gasteiger partial charge on any atom is 4.00 e. The molecule has 2 N–H and O–H groups in total. The molecule has 0 amide bonds. The maximum absolute atomic E-state index is 11.9. The zero-order valence-corrected chi connectivity index (χ0v) is 41.8. The van der Waals surface area contributed by atoms with E-state index < -0.39 is 0 Å². The zero-order chi connectivity index (χ0) is 44.1. The van der Waals surface area contributed by atoms with Gasteiger partial charge in [0, 0.05) is 42.9 Å². The normalized spacial score (nSPS) is 11.0. The van der Waals surface area contributed by atoms with Crippen LogP contribution in [0.3, 0.4) is 0 Å². The summed E-state index contributed by atoms with van der Waals surface area (Å²) in [5.41, 5.74) is 12.9. The molecule has 7 aromatic carbocycles. The number of phenols is 2. The van der Waals surface area contributed by atoms with Gasteiger partial charge in [-0.25, -0.2) is 0 Å². The van der Waals surface area contributed by atoms with E-state index in [9.17, 15) is 10.2 Å². The van der Waals surface area contributed by atoms with Crippen LogP contribution in [0.15, 0.2) is 146 Å². The Bertz CT molecular complexity index is 2390. The number of benzene rings is 7. The quantitative estimate of drug-likeness (QED) is 0.0946. The Hall–Kier alpha value is -5.07. The van der Waals surface area contributed by atoms with Crippen molar-refractivity contribution in [3.63, 3.8) is 0 Å². The van der Waals surface area contributed by atoms with E-state index in [1.807, 2.05) is 60.7 Å². The number of hydrogen-bond donors (Lipinski definition) is 2. The predicted molar refractivity (Wildman–Crippen MR) is 262 cm³/mol. The largest absolute Gasteiger partial charge is 4.00 e. The van der Waals surface area contributed by atoms with Crippen molar-refractivity contribution in [2.24, 2.45) is 0 Å². The third-order valence-electron chi connectivity index (χ3n) is 11.0. The molecule has 0 atom stereocenters. The molecule has 0 aliphatic heterocycles. The summed E-state index contributed by atoms with van der Waals surface area (Å²) in [4.78, 5) is 4.61. The first-order valence-electron chi connectivity index (χ1n) is 21.6. The van der Waals surface area contributed by atoms with Crippen molar-refractivity contribution in [2.75, 3.05) is 33.7 Å². The van der Waals surface area contributed by atoms with Crippen molar-refractivity contribution >= 4 is 10.8 Å². The van der Waals surface area contributed by atoms with Gasteiger partial charge in [0.1, 0.15) is 11.5 Å². The smallest absolute Gasteiger partial charge is 0.507 e. The van der Waals surface area contributed by atoms with Crippen LogP contribution in [0.2, 0.25) is 0 Å². The van der Waals surface area contributed by atoms with Gasteiger partial charge in [-0.3, -0.25) is 4.90 Å². The van der Waals surface area contributed by atoms with Crippen LogP contribution in [0, 0.1) is 27.7 Å². The third kappa shape index (κ3) is 13.7. The Morgan fingerprint density at radius 2 is 1.00 bits per heavy atom. The summed E-state index contributed by atoms with van der Waals surface area (Å²) in [6.45, 7) is 23.7. The van der Waals surface area contributed by atoms with E-state index in [1.54, 1.807) is 0 Å². The van der Waals surface area contributed by atoms with Crippen molar-refractivity contribution in [2.45, 2.75) is 66.3 Å². The van der Waals surface area contributed by atoms with Crippen LogP contribution in [0.25, 0.3) is 33.0 Å². The monoisotopic (exact) mass is 990 g/mol. The van der Waals surface area contributed by atoms with E-state index in [0.717, 1.165) is 80.5 Å². The van der Waals surface area contributed by atoms with Crippen molar-refractivity contribution in [1.82, 2.24) is 9.80 Å². The fourth-order valence-corrected chi connectivity index (χ4v) is 7.82.